The Labute approximate surface area is 171 Å². The van der Waals surface area contributed by atoms with Crippen LogP contribution in [0.4, 0.5) is 16.2 Å². The lowest BCUT2D eigenvalue weighted by Crippen LogP contribution is -2.44. The van der Waals surface area contributed by atoms with E-state index in [2.05, 4.69) is 38.6 Å². The summed E-state index contributed by atoms with van der Waals surface area (Å²) < 4.78 is 1.85. The number of hydrogen-bond donors (Lipinski definition) is 2. The van der Waals surface area contributed by atoms with Crippen molar-refractivity contribution >= 4 is 28.3 Å². The lowest BCUT2D eigenvalue weighted by atomic mass is 10.1. The number of rotatable bonds is 4. The molecule has 7 nitrogen and oxygen atoms in total. The topological polar surface area (TPSA) is 65.4 Å². The van der Waals surface area contributed by atoms with Crippen molar-refractivity contribution in [2.45, 2.75) is 13.5 Å². The molecular weight excluding hydrogens is 364 g/mol. The second-order valence-corrected chi connectivity index (χ2v) is 7.76. The van der Waals surface area contributed by atoms with Crippen LogP contribution >= 0.6 is 0 Å². The van der Waals surface area contributed by atoms with E-state index in [0.29, 0.717) is 0 Å². The number of anilines is 2. The molecule has 152 valence electrons. The van der Waals surface area contributed by atoms with Crippen molar-refractivity contribution in [2.75, 3.05) is 43.9 Å². The first-order chi connectivity index (χ1) is 14.0. The number of aromatic nitrogens is 2. The van der Waals surface area contributed by atoms with Gasteiger partial charge in [0.15, 0.2) is 0 Å². The fraction of sp³-hybridized carbons (Fsp3) is 0.364. The molecule has 7 heteroatoms. The average Bonchev–Trinajstić information content (AvgIpc) is 2.98. The van der Waals surface area contributed by atoms with Gasteiger partial charge in [-0.1, -0.05) is 18.2 Å². The molecule has 2 amide bonds. The predicted octanol–water partition coefficient (Wildman–Crippen LogP) is 3.27. The molecule has 1 saturated heterocycles. The van der Waals surface area contributed by atoms with Gasteiger partial charge in [-0.25, -0.2) is 4.79 Å². The summed E-state index contributed by atoms with van der Waals surface area (Å²) in [5, 5.41) is 11.5. The number of carbonyl (C=O) groups excluding carboxylic acids is 1. The van der Waals surface area contributed by atoms with E-state index in [4.69, 9.17) is 0 Å². The number of piperazine rings is 1. The van der Waals surface area contributed by atoms with Gasteiger partial charge in [0, 0.05) is 62.2 Å². The number of aryl methyl sites for hydroxylation is 2. The summed E-state index contributed by atoms with van der Waals surface area (Å²) in [5.74, 6) is 0. The molecular formula is C22H28N6O. The van der Waals surface area contributed by atoms with Crippen LogP contribution in [0.1, 0.15) is 11.3 Å². The Bertz CT molecular complexity index is 1020. The highest BCUT2D eigenvalue weighted by Gasteiger charge is 2.16. The van der Waals surface area contributed by atoms with Crippen LogP contribution in [0.5, 0.6) is 0 Å². The third-order valence-corrected chi connectivity index (χ3v) is 5.64. The number of urea groups is 1. The van der Waals surface area contributed by atoms with E-state index in [1.807, 2.05) is 55.1 Å². The molecule has 0 unspecified atom stereocenters. The fourth-order valence-corrected chi connectivity index (χ4v) is 3.72. The number of para-hydroxylation sites is 1. The van der Waals surface area contributed by atoms with E-state index in [1.165, 1.54) is 0 Å². The van der Waals surface area contributed by atoms with Gasteiger partial charge in [-0.15, -0.1) is 0 Å². The van der Waals surface area contributed by atoms with Crippen LogP contribution in [0.25, 0.3) is 10.9 Å². The van der Waals surface area contributed by atoms with Crippen molar-refractivity contribution in [1.82, 2.24) is 19.6 Å². The Morgan fingerprint density at radius 2 is 1.79 bits per heavy atom. The van der Waals surface area contributed by atoms with Crippen LogP contribution in [0.15, 0.2) is 42.5 Å². The van der Waals surface area contributed by atoms with Gasteiger partial charge in [-0.2, -0.15) is 5.10 Å². The second kappa shape index (κ2) is 8.23. The standard InChI is InChI=1S/C22H28N6O/c1-16-19-9-8-18(14-21(19)25-27(16)3)23-22(29)24-20-7-5-4-6-17(20)15-28-12-10-26(2)11-13-28/h4-9,14H,10-13,15H2,1-3H3,(H2,23,24,29). The van der Waals surface area contributed by atoms with Gasteiger partial charge in [0.05, 0.1) is 5.52 Å². The van der Waals surface area contributed by atoms with Gasteiger partial charge in [0.2, 0.25) is 0 Å². The van der Waals surface area contributed by atoms with E-state index in [9.17, 15) is 4.79 Å². The summed E-state index contributed by atoms with van der Waals surface area (Å²) in [6.45, 7) is 7.11. The predicted molar refractivity (Wildman–Crippen MR) is 117 cm³/mol. The van der Waals surface area contributed by atoms with Gasteiger partial charge in [-0.3, -0.25) is 9.58 Å². The zero-order chi connectivity index (χ0) is 20.4. The van der Waals surface area contributed by atoms with Gasteiger partial charge >= 0.3 is 6.03 Å². The van der Waals surface area contributed by atoms with E-state index >= 15 is 0 Å². The third kappa shape index (κ3) is 4.41. The number of nitrogens with one attached hydrogen (secondary N) is 2. The molecule has 0 atom stereocenters. The quantitative estimate of drug-likeness (QED) is 0.715. The van der Waals surface area contributed by atoms with Crippen molar-refractivity contribution in [3.05, 3.63) is 53.7 Å². The Balaban J connectivity index is 1.43. The molecule has 29 heavy (non-hydrogen) atoms. The maximum atomic E-state index is 12.6. The highest BCUT2D eigenvalue weighted by atomic mass is 16.2. The monoisotopic (exact) mass is 392 g/mol. The van der Waals surface area contributed by atoms with Crippen LogP contribution in [0.2, 0.25) is 0 Å². The van der Waals surface area contributed by atoms with Crippen LogP contribution in [-0.2, 0) is 13.6 Å². The molecule has 3 aromatic rings. The van der Waals surface area contributed by atoms with E-state index in [-0.39, 0.29) is 6.03 Å². The van der Waals surface area contributed by atoms with Crippen LogP contribution in [0.3, 0.4) is 0 Å². The maximum absolute atomic E-state index is 12.6. The van der Waals surface area contributed by atoms with Crippen molar-refractivity contribution < 1.29 is 4.79 Å². The number of hydrogen-bond acceptors (Lipinski definition) is 4. The van der Waals surface area contributed by atoms with Gasteiger partial charge in [-0.05, 0) is 43.8 Å². The number of nitrogens with zero attached hydrogens (tertiary/aromatic N) is 4. The minimum Gasteiger partial charge on any atom is -0.308 e. The first kappa shape index (κ1) is 19.4. The summed E-state index contributed by atoms with van der Waals surface area (Å²) in [4.78, 5) is 17.4. The zero-order valence-corrected chi connectivity index (χ0v) is 17.3. The molecule has 0 aliphatic carbocycles. The third-order valence-electron chi connectivity index (χ3n) is 5.64. The molecule has 4 rings (SSSR count). The summed E-state index contributed by atoms with van der Waals surface area (Å²) in [6.07, 6.45) is 0. The Hall–Kier alpha value is -2.90. The molecule has 2 heterocycles. The van der Waals surface area contributed by atoms with Gasteiger partial charge < -0.3 is 15.5 Å². The largest absolute Gasteiger partial charge is 0.323 e. The highest BCUT2D eigenvalue weighted by molar-refractivity contribution is 6.01. The molecule has 2 N–H and O–H groups in total. The summed E-state index contributed by atoms with van der Waals surface area (Å²) in [6, 6.07) is 13.6. The molecule has 2 aromatic carbocycles. The second-order valence-electron chi connectivity index (χ2n) is 7.76. The molecule has 1 aliphatic rings. The van der Waals surface area contributed by atoms with Crippen LogP contribution in [-0.4, -0.2) is 58.8 Å². The van der Waals surface area contributed by atoms with Crippen LogP contribution < -0.4 is 10.6 Å². The first-order valence-electron chi connectivity index (χ1n) is 10.00. The van der Waals surface area contributed by atoms with E-state index < -0.39 is 0 Å². The van der Waals surface area contributed by atoms with E-state index in [1.54, 1.807) is 0 Å². The molecule has 1 aliphatic heterocycles. The van der Waals surface area contributed by atoms with Crippen molar-refractivity contribution in [2.24, 2.45) is 7.05 Å². The maximum Gasteiger partial charge on any atom is 0.323 e. The molecule has 1 fully saturated rings. The minimum atomic E-state index is -0.247. The Morgan fingerprint density at radius 3 is 2.59 bits per heavy atom. The number of carbonyl (C=O) groups is 1. The highest BCUT2D eigenvalue weighted by Crippen LogP contribution is 2.22. The zero-order valence-electron chi connectivity index (χ0n) is 17.3. The molecule has 0 spiro atoms. The SMILES string of the molecule is Cc1c2ccc(NC(=O)Nc3ccccc3CN3CCN(C)CC3)cc2nn1C. The minimum absolute atomic E-state index is 0.247. The first-order valence-corrected chi connectivity index (χ1v) is 10.00. The lowest BCUT2D eigenvalue weighted by Gasteiger charge is -2.32. The van der Waals surface area contributed by atoms with E-state index in [0.717, 1.165) is 66.3 Å². The smallest absolute Gasteiger partial charge is 0.308 e. The fourth-order valence-electron chi connectivity index (χ4n) is 3.72. The van der Waals surface area contributed by atoms with Gasteiger partial charge in [0.1, 0.15) is 0 Å². The lowest BCUT2D eigenvalue weighted by molar-refractivity contribution is 0.148. The number of amides is 2. The molecule has 0 saturated carbocycles. The van der Waals surface area contributed by atoms with Crippen molar-refractivity contribution in [3.63, 3.8) is 0 Å². The summed E-state index contributed by atoms with van der Waals surface area (Å²) >= 11 is 0. The number of benzene rings is 2. The van der Waals surface area contributed by atoms with Crippen LogP contribution in [0, 0.1) is 6.92 Å². The Morgan fingerprint density at radius 1 is 1.03 bits per heavy atom. The summed E-state index contributed by atoms with van der Waals surface area (Å²) in [5.41, 5.74) is 4.68. The van der Waals surface area contributed by atoms with Gasteiger partial charge in [0.25, 0.3) is 0 Å². The normalized spacial score (nSPS) is 15.6. The van der Waals surface area contributed by atoms with Crippen molar-refractivity contribution in [3.8, 4) is 0 Å². The average molecular weight is 393 g/mol. The molecule has 0 bridgehead atoms. The summed E-state index contributed by atoms with van der Waals surface area (Å²) in [7, 11) is 4.08. The number of likely N-dealkylation sites (N-methyl/N-ethyl adjacent to an activating group) is 1. The number of fused-ring (bicyclic) bond motifs is 1. The molecule has 1 aromatic heterocycles. The van der Waals surface area contributed by atoms with Crippen molar-refractivity contribution in [1.29, 1.82) is 0 Å². The molecule has 0 radical (unpaired) electrons. The Kier molecular flexibility index (Phi) is 5.51.